The average Bonchev–Trinajstić information content (AvgIpc) is 2.97. The molecule has 2 unspecified atom stereocenters. The van der Waals surface area contributed by atoms with E-state index in [-0.39, 0.29) is 11.3 Å². The molecule has 0 aliphatic carbocycles. The smallest absolute Gasteiger partial charge is 0.227 e. The number of nitrogens with one attached hydrogen (secondary N) is 2. The van der Waals surface area contributed by atoms with Crippen molar-refractivity contribution in [3.05, 3.63) is 0 Å². The van der Waals surface area contributed by atoms with E-state index in [1.807, 2.05) is 11.8 Å². The van der Waals surface area contributed by atoms with Gasteiger partial charge in [-0.3, -0.25) is 4.79 Å². The highest BCUT2D eigenvalue weighted by atomic mass is 32.2. The van der Waals surface area contributed by atoms with E-state index in [1.54, 1.807) is 0 Å². The molecule has 2 N–H and O–H groups in total. The highest BCUT2D eigenvalue weighted by molar-refractivity contribution is 8.00. The van der Waals surface area contributed by atoms with Gasteiger partial charge in [0, 0.05) is 18.3 Å². The van der Waals surface area contributed by atoms with Crippen LogP contribution in [0.2, 0.25) is 0 Å². The van der Waals surface area contributed by atoms with E-state index < -0.39 is 0 Å². The molecule has 2 heterocycles. The summed E-state index contributed by atoms with van der Waals surface area (Å²) in [4.78, 5) is 12.4. The molecule has 0 radical (unpaired) electrons. The van der Waals surface area contributed by atoms with Crippen LogP contribution in [-0.4, -0.2) is 36.5 Å². The van der Waals surface area contributed by atoms with E-state index in [0.29, 0.717) is 5.25 Å². The SMILES string of the molecule is CCCC1(C(=O)NCC2CCCS2)CCNC1. The van der Waals surface area contributed by atoms with E-state index in [9.17, 15) is 4.79 Å². The van der Waals surface area contributed by atoms with Gasteiger partial charge < -0.3 is 10.6 Å². The molecular formula is C13H24N2OS. The lowest BCUT2D eigenvalue weighted by Crippen LogP contribution is -2.44. The first-order valence-corrected chi connectivity index (χ1v) is 7.92. The maximum absolute atomic E-state index is 12.4. The van der Waals surface area contributed by atoms with Crippen LogP contribution < -0.4 is 10.6 Å². The van der Waals surface area contributed by atoms with Crippen molar-refractivity contribution in [1.82, 2.24) is 10.6 Å². The Balaban J connectivity index is 1.83. The Kier molecular flexibility index (Phi) is 4.74. The Labute approximate surface area is 108 Å². The Morgan fingerprint density at radius 1 is 1.59 bits per heavy atom. The van der Waals surface area contributed by atoms with Crippen LogP contribution in [0, 0.1) is 5.41 Å². The molecule has 17 heavy (non-hydrogen) atoms. The van der Waals surface area contributed by atoms with E-state index in [2.05, 4.69) is 17.6 Å². The summed E-state index contributed by atoms with van der Waals surface area (Å²) < 4.78 is 0. The number of amides is 1. The van der Waals surface area contributed by atoms with Gasteiger partial charge in [-0.2, -0.15) is 11.8 Å². The normalized spacial score (nSPS) is 32.9. The molecule has 0 aromatic carbocycles. The fraction of sp³-hybridized carbons (Fsp3) is 0.923. The van der Waals surface area contributed by atoms with E-state index >= 15 is 0 Å². The van der Waals surface area contributed by atoms with Crippen LogP contribution in [0.3, 0.4) is 0 Å². The van der Waals surface area contributed by atoms with Gasteiger partial charge in [-0.15, -0.1) is 0 Å². The Morgan fingerprint density at radius 2 is 2.47 bits per heavy atom. The summed E-state index contributed by atoms with van der Waals surface area (Å²) in [5.74, 6) is 1.55. The molecule has 0 spiro atoms. The van der Waals surface area contributed by atoms with Crippen LogP contribution in [0.25, 0.3) is 0 Å². The van der Waals surface area contributed by atoms with Crippen LogP contribution in [0.15, 0.2) is 0 Å². The van der Waals surface area contributed by atoms with Gasteiger partial charge in [-0.1, -0.05) is 13.3 Å². The molecule has 2 atom stereocenters. The zero-order valence-corrected chi connectivity index (χ0v) is 11.6. The van der Waals surface area contributed by atoms with Crippen molar-refractivity contribution in [1.29, 1.82) is 0 Å². The topological polar surface area (TPSA) is 41.1 Å². The second-order valence-corrected chi connectivity index (χ2v) is 6.71. The minimum Gasteiger partial charge on any atom is -0.354 e. The number of hydrogen-bond acceptors (Lipinski definition) is 3. The van der Waals surface area contributed by atoms with Crippen molar-refractivity contribution in [3.8, 4) is 0 Å². The lowest BCUT2D eigenvalue weighted by atomic mass is 9.81. The molecule has 2 rings (SSSR count). The maximum Gasteiger partial charge on any atom is 0.227 e. The van der Waals surface area contributed by atoms with E-state index in [4.69, 9.17) is 0 Å². The van der Waals surface area contributed by atoms with Crippen LogP contribution in [0.4, 0.5) is 0 Å². The summed E-state index contributed by atoms with van der Waals surface area (Å²) in [5.41, 5.74) is -0.113. The van der Waals surface area contributed by atoms with Crippen LogP contribution >= 0.6 is 11.8 Å². The molecule has 0 aromatic rings. The highest BCUT2D eigenvalue weighted by Crippen LogP contribution is 2.32. The van der Waals surface area contributed by atoms with Crippen molar-refractivity contribution in [3.63, 3.8) is 0 Å². The first-order valence-electron chi connectivity index (χ1n) is 6.87. The molecule has 3 nitrogen and oxygen atoms in total. The van der Waals surface area contributed by atoms with Crippen molar-refractivity contribution in [2.45, 2.75) is 44.3 Å². The van der Waals surface area contributed by atoms with Gasteiger partial charge in [0.2, 0.25) is 5.91 Å². The predicted octanol–water partition coefficient (Wildman–Crippen LogP) is 1.78. The average molecular weight is 256 g/mol. The standard InChI is InChI=1S/C13H24N2OS/c1-2-5-13(6-7-14-10-13)12(16)15-9-11-4-3-8-17-11/h11,14H,2-10H2,1H3,(H,15,16). The third-order valence-electron chi connectivity index (χ3n) is 3.97. The molecule has 2 saturated heterocycles. The molecule has 2 aliphatic heterocycles. The predicted molar refractivity (Wildman–Crippen MR) is 73.3 cm³/mol. The zero-order chi connectivity index (χ0) is 12.1. The second kappa shape index (κ2) is 6.10. The number of carbonyl (C=O) groups excluding carboxylic acids is 1. The number of carbonyl (C=O) groups is 1. The molecule has 4 heteroatoms. The van der Waals surface area contributed by atoms with Gasteiger partial charge >= 0.3 is 0 Å². The largest absolute Gasteiger partial charge is 0.354 e. The lowest BCUT2D eigenvalue weighted by molar-refractivity contribution is -0.130. The molecular weight excluding hydrogens is 232 g/mol. The molecule has 0 saturated carbocycles. The number of thioether (sulfide) groups is 1. The molecule has 2 fully saturated rings. The van der Waals surface area contributed by atoms with Crippen LogP contribution in [0.1, 0.15) is 39.0 Å². The Bertz CT molecular complexity index is 258. The monoisotopic (exact) mass is 256 g/mol. The number of hydrogen-bond donors (Lipinski definition) is 2. The second-order valence-electron chi connectivity index (χ2n) is 5.30. The maximum atomic E-state index is 12.4. The number of rotatable bonds is 5. The minimum atomic E-state index is -0.113. The van der Waals surface area contributed by atoms with Crippen LogP contribution in [0.5, 0.6) is 0 Å². The summed E-state index contributed by atoms with van der Waals surface area (Å²) in [6, 6.07) is 0. The van der Waals surface area contributed by atoms with Gasteiger partial charge in [0.25, 0.3) is 0 Å². The van der Waals surface area contributed by atoms with E-state index in [0.717, 1.165) is 38.9 Å². The van der Waals surface area contributed by atoms with Crippen molar-refractivity contribution in [2.24, 2.45) is 5.41 Å². The summed E-state index contributed by atoms with van der Waals surface area (Å²) >= 11 is 2.01. The lowest BCUT2D eigenvalue weighted by Gasteiger charge is -2.27. The van der Waals surface area contributed by atoms with Gasteiger partial charge in [-0.25, -0.2) is 0 Å². The van der Waals surface area contributed by atoms with Crippen molar-refractivity contribution >= 4 is 17.7 Å². The third kappa shape index (κ3) is 3.16. The molecule has 0 bridgehead atoms. The van der Waals surface area contributed by atoms with Crippen LogP contribution in [-0.2, 0) is 4.79 Å². The van der Waals surface area contributed by atoms with Gasteiger partial charge in [-0.05, 0) is 38.0 Å². The zero-order valence-electron chi connectivity index (χ0n) is 10.8. The first kappa shape index (κ1) is 13.2. The van der Waals surface area contributed by atoms with Gasteiger partial charge in [0.1, 0.15) is 0 Å². The van der Waals surface area contributed by atoms with Gasteiger partial charge in [0.15, 0.2) is 0 Å². The Hall–Kier alpha value is -0.220. The van der Waals surface area contributed by atoms with Crippen molar-refractivity contribution in [2.75, 3.05) is 25.4 Å². The fourth-order valence-electron chi connectivity index (χ4n) is 2.94. The third-order valence-corrected chi connectivity index (χ3v) is 5.37. The summed E-state index contributed by atoms with van der Waals surface area (Å²) in [7, 11) is 0. The minimum absolute atomic E-state index is 0.113. The van der Waals surface area contributed by atoms with Crippen molar-refractivity contribution < 1.29 is 4.79 Å². The summed E-state index contributed by atoms with van der Waals surface area (Å²) in [6.45, 7) is 4.89. The quantitative estimate of drug-likeness (QED) is 0.788. The van der Waals surface area contributed by atoms with E-state index in [1.165, 1.54) is 18.6 Å². The summed E-state index contributed by atoms with van der Waals surface area (Å²) in [5, 5.41) is 7.19. The molecule has 0 aromatic heterocycles. The Morgan fingerprint density at radius 3 is 3.06 bits per heavy atom. The summed E-state index contributed by atoms with van der Waals surface area (Å²) in [6.07, 6.45) is 5.69. The highest BCUT2D eigenvalue weighted by Gasteiger charge is 2.40. The first-order chi connectivity index (χ1) is 8.27. The molecule has 98 valence electrons. The van der Waals surface area contributed by atoms with Gasteiger partial charge in [0.05, 0.1) is 5.41 Å². The molecule has 2 aliphatic rings. The molecule has 1 amide bonds. The fourth-order valence-corrected chi connectivity index (χ4v) is 4.14.